The Kier molecular flexibility index (Phi) is 6.82. The predicted molar refractivity (Wildman–Crippen MR) is 112 cm³/mol. The third kappa shape index (κ3) is 5.32. The van der Waals surface area contributed by atoms with Crippen molar-refractivity contribution in [2.45, 2.75) is 13.0 Å². The standard InChI is InChI=1S/C21H24ClN3O4/c1-28-18-8-3-14(9-19(18)29-2)11-23-21(27)24-12-15-10-20(26)25(13-15)17-6-4-16(22)5-7-17/h3-9,15H,10-13H2,1-2H3,(H2,23,24,27). The normalized spacial score (nSPS) is 15.9. The number of carbonyl (C=O) groups is 2. The van der Waals surface area contributed by atoms with Crippen LogP contribution in [0.3, 0.4) is 0 Å². The fraction of sp³-hybridized carbons (Fsp3) is 0.333. The highest BCUT2D eigenvalue weighted by Crippen LogP contribution is 2.28. The Morgan fingerprint density at radius 1 is 1.10 bits per heavy atom. The van der Waals surface area contributed by atoms with Crippen molar-refractivity contribution in [2.75, 3.05) is 32.2 Å². The molecule has 1 aliphatic rings. The van der Waals surface area contributed by atoms with E-state index in [1.165, 1.54) is 0 Å². The van der Waals surface area contributed by atoms with Gasteiger partial charge in [-0.05, 0) is 42.0 Å². The van der Waals surface area contributed by atoms with Gasteiger partial charge in [-0.3, -0.25) is 4.79 Å². The summed E-state index contributed by atoms with van der Waals surface area (Å²) in [7, 11) is 3.14. The van der Waals surface area contributed by atoms with Crippen molar-refractivity contribution >= 4 is 29.2 Å². The van der Waals surface area contributed by atoms with E-state index in [0.29, 0.717) is 42.6 Å². The molecule has 0 spiro atoms. The molecule has 0 bridgehead atoms. The minimum atomic E-state index is -0.280. The van der Waals surface area contributed by atoms with E-state index < -0.39 is 0 Å². The molecule has 0 radical (unpaired) electrons. The molecule has 1 fully saturated rings. The van der Waals surface area contributed by atoms with Crippen LogP contribution in [0.15, 0.2) is 42.5 Å². The molecule has 29 heavy (non-hydrogen) atoms. The van der Waals surface area contributed by atoms with Crippen molar-refractivity contribution in [1.29, 1.82) is 0 Å². The molecular weight excluding hydrogens is 394 g/mol. The first-order valence-corrected chi connectivity index (χ1v) is 9.66. The van der Waals surface area contributed by atoms with Crippen LogP contribution in [0.4, 0.5) is 10.5 Å². The maximum Gasteiger partial charge on any atom is 0.315 e. The summed E-state index contributed by atoms with van der Waals surface area (Å²) in [4.78, 5) is 26.1. The van der Waals surface area contributed by atoms with Gasteiger partial charge in [0.05, 0.1) is 14.2 Å². The summed E-state index contributed by atoms with van der Waals surface area (Å²) < 4.78 is 10.5. The van der Waals surface area contributed by atoms with Gasteiger partial charge in [-0.25, -0.2) is 4.79 Å². The summed E-state index contributed by atoms with van der Waals surface area (Å²) in [5.74, 6) is 1.35. The van der Waals surface area contributed by atoms with Crippen molar-refractivity contribution in [3.05, 3.63) is 53.1 Å². The molecule has 0 saturated carbocycles. The maximum atomic E-state index is 12.3. The van der Waals surface area contributed by atoms with Crippen LogP contribution in [-0.4, -0.2) is 39.2 Å². The van der Waals surface area contributed by atoms with Gasteiger partial charge in [-0.15, -0.1) is 0 Å². The zero-order valence-electron chi connectivity index (χ0n) is 16.4. The summed E-state index contributed by atoms with van der Waals surface area (Å²) in [6.07, 6.45) is 0.401. The Hall–Kier alpha value is -2.93. The van der Waals surface area contributed by atoms with E-state index in [2.05, 4.69) is 10.6 Å². The van der Waals surface area contributed by atoms with Crippen LogP contribution in [0.2, 0.25) is 5.02 Å². The number of hydrogen-bond acceptors (Lipinski definition) is 4. The molecule has 2 aromatic rings. The van der Waals surface area contributed by atoms with E-state index in [-0.39, 0.29) is 17.9 Å². The van der Waals surface area contributed by atoms with Gasteiger partial charge in [0.2, 0.25) is 5.91 Å². The SMILES string of the molecule is COc1ccc(CNC(=O)NCC2CC(=O)N(c3ccc(Cl)cc3)C2)cc1OC. The van der Waals surface area contributed by atoms with E-state index in [1.54, 1.807) is 37.3 Å². The number of nitrogens with one attached hydrogen (secondary N) is 2. The van der Waals surface area contributed by atoms with Gasteiger partial charge >= 0.3 is 6.03 Å². The number of halogens is 1. The number of amides is 3. The van der Waals surface area contributed by atoms with Gasteiger partial charge in [0.1, 0.15) is 0 Å². The van der Waals surface area contributed by atoms with Gasteiger partial charge in [0, 0.05) is 42.7 Å². The third-order valence-electron chi connectivity index (χ3n) is 4.80. The Labute approximate surface area is 174 Å². The largest absolute Gasteiger partial charge is 0.493 e. The van der Waals surface area contributed by atoms with Gasteiger partial charge in [0.25, 0.3) is 0 Å². The summed E-state index contributed by atoms with van der Waals surface area (Å²) in [6, 6.07) is 12.4. The van der Waals surface area contributed by atoms with E-state index >= 15 is 0 Å². The number of hydrogen-bond donors (Lipinski definition) is 2. The lowest BCUT2D eigenvalue weighted by Gasteiger charge is -2.17. The Balaban J connectivity index is 1.46. The number of urea groups is 1. The number of nitrogens with zero attached hydrogens (tertiary/aromatic N) is 1. The average Bonchev–Trinajstić information content (AvgIpc) is 3.11. The van der Waals surface area contributed by atoms with Crippen LogP contribution in [0.5, 0.6) is 11.5 Å². The summed E-state index contributed by atoms with van der Waals surface area (Å²) in [6.45, 7) is 1.34. The monoisotopic (exact) mass is 417 g/mol. The Morgan fingerprint density at radius 3 is 2.52 bits per heavy atom. The second-order valence-electron chi connectivity index (χ2n) is 6.80. The van der Waals surface area contributed by atoms with Gasteiger partial charge in [-0.1, -0.05) is 17.7 Å². The molecule has 1 heterocycles. The number of carbonyl (C=O) groups excluding carboxylic acids is 2. The number of anilines is 1. The molecule has 0 aromatic heterocycles. The Morgan fingerprint density at radius 2 is 1.83 bits per heavy atom. The Bertz CT molecular complexity index is 873. The minimum absolute atomic E-state index is 0.0462. The number of ether oxygens (including phenoxy) is 2. The molecule has 2 aromatic carbocycles. The van der Waals surface area contributed by atoms with Crippen LogP contribution < -0.4 is 25.0 Å². The van der Waals surface area contributed by atoms with Gasteiger partial charge in [0.15, 0.2) is 11.5 Å². The van der Waals surface area contributed by atoms with Crippen LogP contribution in [0, 0.1) is 5.92 Å². The molecule has 1 saturated heterocycles. The number of benzene rings is 2. The molecule has 1 atom stereocenters. The molecule has 3 rings (SSSR count). The molecule has 2 N–H and O–H groups in total. The van der Waals surface area contributed by atoms with E-state index in [9.17, 15) is 9.59 Å². The lowest BCUT2D eigenvalue weighted by molar-refractivity contribution is -0.117. The van der Waals surface area contributed by atoms with Crippen molar-refractivity contribution in [3.8, 4) is 11.5 Å². The van der Waals surface area contributed by atoms with Crippen LogP contribution in [0.25, 0.3) is 0 Å². The van der Waals surface area contributed by atoms with E-state index in [4.69, 9.17) is 21.1 Å². The molecule has 1 unspecified atom stereocenters. The smallest absolute Gasteiger partial charge is 0.315 e. The first kappa shape index (κ1) is 20.8. The first-order chi connectivity index (χ1) is 14.0. The second-order valence-corrected chi connectivity index (χ2v) is 7.24. The highest BCUT2D eigenvalue weighted by molar-refractivity contribution is 6.30. The fourth-order valence-electron chi connectivity index (χ4n) is 3.26. The zero-order valence-corrected chi connectivity index (χ0v) is 17.2. The predicted octanol–water partition coefficient (Wildman–Crippen LogP) is 3.21. The summed E-state index contributed by atoms with van der Waals surface area (Å²) in [5, 5.41) is 6.28. The minimum Gasteiger partial charge on any atom is -0.493 e. The van der Waals surface area contributed by atoms with Crippen LogP contribution >= 0.6 is 11.6 Å². The maximum absolute atomic E-state index is 12.3. The molecule has 3 amide bonds. The summed E-state index contributed by atoms with van der Waals surface area (Å²) >= 11 is 5.90. The molecule has 154 valence electrons. The molecule has 1 aliphatic heterocycles. The van der Waals surface area contributed by atoms with E-state index in [1.807, 2.05) is 24.3 Å². The van der Waals surface area contributed by atoms with Crippen molar-refractivity contribution in [2.24, 2.45) is 5.92 Å². The quantitative estimate of drug-likeness (QED) is 0.725. The lowest BCUT2D eigenvalue weighted by Crippen LogP contribution is -2.38. The zero-order chi connectivity index (χ0) is 20.8. The molecule has 7 nitrogen and oxygen atoms in total. The van der Waals surface area contributed by atoms with Crippen LogP contribution in [-0.2, 0) is 11.3 Å². The number of rotatable bonds is 7. The summed E-state index contributed by atoms with van der Waals surface area (Å²) in [5.41, 5.74) is 1.71. The van der Waals surface area contributed by atoms with Crippen molar-refractivity contribution in [1.82, 2.24) is 10.6 Å². The van der Waals surface area contributed by atoms with Gasteiger partial charge in [-0.2, -0.15) is 0 Å². The third-order valence-corrected chi connectivity index (χ3v) is 5.05. The second kappa shape index (κ2) is 9.52. The van der Waals surface area contributed by atoms with Crippen molar-refractivity contribution in [3.63, 3.8) is 0 Å². The van der Waals surface area contributed by atoms with Crippen LogP contribution in [0.1, 0.15) is 12.0 Å². The molecular formula is C21H24ClN3O4. The number of methoxy groups -OCH3 is 2. The molecule has 0 aliphatic carbocycles. The highest BCUT2D eigenvalue weighted by Gasteiger charge is 2.30. The fourth-order valence-corrected chi connectivity index (χ4v) is 3.39. The topological polar surface area (TPSA) is 79.9 Å². The van der Waals surface area contributed by atoms with Crippen molar-refractivity contribution < 1.29 is 19.1 Å². The van der Waals surface area contributed by atoms with Gasteiger partial charge < -0.3 is 25.0 Å². The lowest BCUT2D eigenvalue weighted by atomic mass is 10.1. The molecule has 8 heteroatoms. The first-order valence-electron chi connectivity index (χ1n) is 9.28. The highest BCUT2D eigenvalue weighted by atomic mass is 35.5. The average molecular weight is 418 g/mol. The van der Waals surface area contributed by atoms with E-state index in [0.717, 1.165) is 11.3 Å².